The van der Waals surface area contributed by atoms with Crippen LogP contribution in [-0.2, 0) is 16.6 Å². The molecule has 4 aromatic rings. The summed E-state index contributed by atoms with van der Waals surface area (Å²) in [6.07, 6.45) is 0. The van der Waals surface area contributed by atoms with Crippen LogP contribution in [-0.4, -0.2) is 30.5 Å². The molecule has 0 aliphatic rings. The molecule has 4 rings (SSSR count). The number of sulfonamides is 1. The number of aromatic hydroxyl groups is 1. The molecule has 0 atom stereocenters. The van der Waals surface area contributed by atoms with E-state index in [9.17, 15) is 18.3 Å². The Kier molecular flexibility index (Phi) is 6.94. The van der Waals surface area contributed by atoms with Crippen LogP contribution in [0.25, 0.3) is 10.9 Å². The van der Waals surface area contributed by atoms with E-state index in [0.29, 0.717) is 28.7 Å². The number of aromatic amines is 1. The number of hydrogen-bond donors (Lipinski definition) is 4. The number of amides is 1. The number of carbonyl (C=O) groups is 1. The maximum atomic E-state index is 12.8. The Balaban J connectivity index is 1.63. The summed E-state index contributed by atoms with van der Waals surface area (Å²) in [5, 5.41) is 22.0. The van der Waals surface area contributed by atoms with Crippen LogP contribution in [0.5, 0.6) is 5.88 Å². The Bertz CT molecular complexity index is 1500. The first-order valence-corrected chi connectivity index (χ1v) is 12.4. The van der Waals surface area contributed by atoms with Crippen molar-refractivity contribution in [2.24, 2.45) is 10.2 Å². The Morgan fingerprint density at radius 3 is 2.46 bits per heavy atom. The first-order valence-electron chi connectivity index (χ1n) is 10.9. The van der Waals surface area contributed by atoms with E-state index in [-0.39, 0.29) is 28.4 Å². The molecule has 0 saturated heterocycles. The van der Waals surface area contributed by atoms with Crippen molar-refractivity contribution in [1.29, 1.82) is 0 Å². The number of rotatable bonds is 8. The van der Waals surface area contributed by atoms with Crippen molar-refractivity contribution < 1.29 is 18.3 Å². The van der Waals surface area contributed by atoms with E-state index >= 15 is 0 Å². The lowest BCUT2D eigenvalue weighted by atomic mass is 10.1. The van der Waals surface area contributed by atoms with Crippen molar-refractivity contribution in [3.05, 3.63) is 83.9 Å². The Labute approximate surface area is 203 Å². The molecule has 3 aromatic carbocycles. The molecule has 0 saturated carbocycles. The molecule has 1 aromatic heterocycles. The van der Waals surface area contributed by atoms with Crippen molar-refractivity contribution in [2.75, 3.05) is 0 Å². The van der Waals surface area contributed by atoms with Crippen molar-refractivity contribution in [3.8, 4) is 5.88 Å². The lowest BCUT2D eigenvalue weighted by molar-refractivity contribution is 0.0951. The fourth-order valence-corrected chi connectivity index (χ4v) is 4.80. The van der Waals surface area contributed by atoms with Crippen LogP contribution in [0.4, 0.5) is 11.4 Å². The fraction of sp³-hybridized carbons (Fsp3) is 0.160. The van der Waals surface area contributed by atoms with Gasteiger partial charge in [-0.2, -0.15) is 0 Å². The standard InChI is InChI=1S/C25H25N5O4S/c1-16(2)30-35(33,34)18-12-13-21-20(14-18)23(25(32)27-21)29-28-22-11-7-6-10-19(22)24(31)26-15-17-8-4-3-5-9-17/h3-14,16,27,30,32H,15H2,1-2H3,(H,26,31). The van der Waals surface area contributed by atoms with E-state index in [1.54, 1.807) is 44.2 Å². The minimum absolute atomic E-state index is 0.0369. The van der Waals surface area contributed by atoms with Gasteiger partial charge in [-0.05, 0) is 49.7 Å². The lowest BCUT2D eigenvalue weighted by Gasteiger charge is -2.09. The summed E-state index contributed by atoms with van der Waals surface area (Å²) in [7, 11) is -3.74. The van der Waals surface area contributed by atoms with Gasteiger partial charge < -0.3 is 15.4 Å². The summed E-state index contributed by atoms with van der Waals surface area (Å²) < 4.78 is 27.7. The average Bonchev–Trinajstić information content (AvgIpc) is 3.15. The molecule has 180 valence electrons. The predicted octanol–water partition coefficient (Wildman–Crippen LogP) is 4.91. The van der Waals surface area contributed by atoms with Crippen molar-refractivity contribution in [3.63, 3.8) is 0 Å². The normalized spacial score (nSPS) is 12.0. The smallest absolute Gasteiger partial charge is 0.253 e. The SMILES string of the molecule is CC(C)NS(=O)(=O)c1ccc2[nH]c(O)c(N=Nc3ccccc3C(=O)NCc3ccccc3)c2c1. The summed E-state index contributed by atoms with van der Waals surface area (Å²) >= 11 is 0. The molecule has 35 heavy (non-hydrogen) atoms. The zero-order valence-corrected chi connectivity index (χ0v) is 20.0. The second-order valence-electron chi connectivity index (χ2n) is 8.19. The van der Waals surface area contributed by atoms with Gasteiger partial charge in [0.1, 0.15) is 0 Å². The highest BCUT2D eigenvalue weighted by molar-refractivity contribution is 7.89. The van der Waals surface area contributed by atoms with Gasteiger partial charge in [0.2, 0.25) is 15.9 Å². The van der Waals surface area contributed by atoms with Gasteiger partial charge in [0.15, 0.2) is 5.69 Å². The van der Waals surface area contributed by atoms with Gasteiger partial charge in [0.25, 0.3) is 5.91 Å². The number of fused-ring (bicyclic) bond motifs is 1. The molecule has 0 fully saturated rings. The monoisotopic (exact) mass is 491 g/mol. The average molecular weight is 492 g/mol. The van der Waals surface area contributed by atoms with Crippen molar-refractivity contribution in [2.45, 2.75) is 31.3 Å². The van der Waals surface area contributed by atoms with Crippen LogP contribution in [0.15, 0.2) is 87.9 Å². The maximum absolute atomic E-state index is 12.8. The van der Waals surface area contributed by atoms with E-state index in [0.717, 1.165) is 5.56 Å². The van der Waals surface area contributed by atoms with E-state index in [4.69, 9.17) is 0 Å². The van der Waals surface area contributed by atoms with Gasteiger partial charge in [-0.3, -0.25) is 4.79 Å². The molecular weight excluding hydrogens is 466 g/mol. The highest BCUT2D eigenvalue weighted by atomic mass is 32.2. The van der Waals surface area contributed by atoms with E-state index in [1.807, 2.05) is 30.3 Å². The van der Waals surface area contributed by atoms with E-state index in [1.165, 1.54) is 12.1 Å². The number of H-pyrrole nitrogens is 1. The summed E-state index contributed by atoms with van der Waals surface area (Å²) in [6, 6.07) is 20.4. The number of azo groups is 1. The third kappa shape index (κ3) is 5.56. The van der Waals surface area contributed by atoms with Gasteiger partial charge in [-0.1, -0.05) is 42.5 Å². The second-order valence-corrected chi connectivity index (χ2v) is 9.90. The molecule has 0 bridgehead atoms. The Morgan fingerprint density at radius 2 is 1.71 bits per heavy atom. The van der Waals surface area contributed by atoms with Crippen LogP contribution in [0, 0.1) is 0 Å². The zero-order chi connectivity index (χ0) is 25.0. The van der Waals surface area contributed by atoms with Crippen LogP contribution < -0.4 is 10.0 Å². The lowest BCUT2D eigenvalue weighted by Crippen LogP contribution is -2.30. The Hall–Kier alpha value is -4.02. The molecular formula is C25H25N5O4S. The summed E-state index contributed by atoms with van der Waals surface area (Å²) in [4.78, 5) is 15.6. The largest absolute Gasteiger partial charge is 0.493 e. The van der Waals surface area contributed by atoms with Gasteiger partial charge in [-0.15, -0.1) is 10.2 Å². The van der Waals surface area contributed by atoms with Crippen LogP contribution in [0.2, 0.25) is 0 Å². The van der Waals surface area contributed by atoms with Crippen LogP contribution >= 0.6 is 0 Å². The van der Waals surface area contributed by atoms with Crippen molar-refractivity contribution in [1.82, 2.24) is 15.0 Å². The summed E-state index contributed by atoms with van der Waals surface area (Å²) in [5.74, 6) is -0.583. The highest BCUT2D eigenvalue weighted by Gasteiger charge is 2.19. The minimum atomic E-state index is -3.74. The fourth-order valence-electron chi connectivity index (χ4n) is 3.52. The molecule has 0 aliphatic carbocycles. The quantitative estimate of drug-likeness (QED) is 0.260. The third-order valence-corrected chi connectivity index (χ3v) is 6.78. The van der Waals surface area contributed by atoms with Crippen LogP contribution in [0.3, 0.4) is 0 Å². The first-order chi connectivity index (χ1) is 16.7. The maximum Gasteiger partial charge on any atom is 0.253 e. The summed E-state index contributed by atoms with van der Waals surface area (Å²) in [5.41, 5.74) is 2.14. The number of carbonyl (C=O) groups excluding carboxylic acids is 1. The Morgan fingerprint density at radius 1 is 1.00 bits per heavy atom. The molecule has 1 heterocycles. The predicted molar refractivity (Wildman–Crippen MR) is 134 cm³/mol. The molecule has 1 amide bonds. The number of nitrogens with one attached hydrogen (secondary N) is 3. The third-order valence-electron chi connectivity index (χ3n) is 5.13. The molecule has 0 aliphatic heterocycles. The molecule has 0 unspecified atom stereocenters. The number of benzene rings is 3. The number of hydrogen-bond acceptors (Lipinski definition) is 6. The number of nitrogens with zero attached hydrogens (tertiary/aromatic N) is 2. The second kappa shape index (κ2) is 10.1. The minimum Gasteiger partial charge on any atom is -0.493 e. The molecule has 0 spiro atoms. The first kappa shape index (κ1) is 24.1. The highest BCUT2D eigenvalue weighted by Crippen LogP contribution is 2.37. The van der Waals surface area contributed by atoms with Gasteiger partial charge in [0.05, 0.1) is 21.7 Å². The van der Waals surface area contributed by atoms with Gasteiger partial charge >= 0.3 is 0 Å². The van der Waals surface area contributed by atoms with E-state index < -0.39 is 10.0 Å². The van der Waals surface area contributed by atoms with Crippen LogP contribution in [0.1, 0.15) is 29.8 Å². The molecule has 4 N–H and O–H groups in total. The zero-order valence-electron chi connectivity index (χ0n) is 19.2. The van der Waals surface area contributed by atoms with Crippen molar-refractivity contribution >= 4 is 38.2 Å². The van der Waals surface area contributed by atoms with Gasteiger partial charge in [-0.25, -0.2) is 13.1 Å². The number of aromatic nitrogens is 1. The van der Waals surface area contributed by atoms with Gasteiger partial charge in [0, 0.05) is 18.0 Å². The topological polar surface area (TPSA) is 136 Å². The molecule has 0 radical (unpaired) electrons. The molecule has 10 heteroatoms. The summed E-state index contributed by atoms with van der Waals surface area (Å²) in [6.45, 7) is 3.81. The molecule has 9 nitrogen and oxygen atoms in total. The van der Waals surface area contributed by atoms with E-state index in [2.05, 4.69) is 25.3 Å².